The van der Waals surface area contributed by atoms with Crippen molar-refractivity contribution in [2.45, 2.75) is 32.0 Å². The van der Waals surface area contributed by atoms with Crippen molar-refractivity contribution in [3.8, 4) is 0 Å². The van der Waals surface area contributed by atoms with Crippen molar-refractivity contribution >= 4 is 16.8 Å². The number of hydrogen-bond acceptors (Lipinski definition) is 4. The minimum Gasteiger partial charge on any atom is -0.393 e. The number of carbonyl (C=O) groups is 1. The van der Waals surface area contributed by atoms with Crippen LogP contribution in [-0.2, 0) is 24.3 Å². The molecule has 1 atom stereocenters. The van der Waals surface area contributed by atoms with E-state index in [4.69, 9.17) is 5.11 Å². The van der Waals surface area contributed by atoms with E-state index in [0.29, 0.717) is 38.2 Å². The van der Waals surface area contributed by atoms with Crippen LogP contribution in [0.1, 0.15) is 29.5 Å². The number of nitrogens with zero attached hydrogens (tertiary/aromatic N) is 3. The van der Waals surface area contributed by atoms with Gasteiger partial charge in [-0.3, -0.25) is 9.48 Å². The van der Waals surface area contributed by atoms with Crippen LogP contribution < -0.4 is 0 Å². The van der Waals surface area contributed by atoms with E-state index in [-0.39, 0.29) is 12.5 Å². The number of aromatic nitrogens is 3. The van der Waals surface area contributed by atoms with Gasteiger partial charge in [0.2, 0.25) is 5.91 Å². The van der Waals surface area contributed by atoms with Crippen LogP contribution in [0.2, 0.25) is 0 Å². The molecule has 0 saturated carbocycles. The quantitative estimate of drug-likeness (QED) is 0.645. The van der Waals surface area contributed by atoms with Crippen LogP contribution in [0.3, 0.4) is 0 Å². The molecule has 0 radical (unpaired) electrons. The van der Waals surface area contributed by atoms with Gasteiger partial charge in [0, 0.05) is 30.1 Å². The summed E-state index contributed by atoms with van der Waals surface area (Å²) in [5.41, 5.74) is 3.59. The Bertz CT molecular complexity index is 930. The molecule has 136 valence electrons. The van der Waals surface area contributed by atoms with E-state index in [0.717, 1.165) is 16.8 Å². The minimum atomic E-state index is -0.973. The number of hydrogen-bond donors (Lipinski definition) is 3. The molecule has 26 heavy (non-hydrogen) atoms. The van der Waals surface area contributed by atoms with E-state index < -0.39 is 6.10 Å². The van der Waals surface area contributed by atoms with Crippen LogP contribution in [-0.4, -0.2) is 48.9 Å². The van der Waals surface area contributed by atoms with Crippen LogP contribution in [0.15, 0.2) is 36.5 Å². The highest BCUT2D eigenvalue weighted by Crippen LogP contribution is 2.21. The van der Waals surface area contributed by atoms with Crippen molar-refractivity contribution in [3.63, 3.8) is 0 Å². The number of nitrogens with one attached hydrogen (secondary N) is 1. The third kappa shape index (κ3) is 3.11. The molecule has 4 rings (SSSR count). The first-order chi connectivity index (χ1) is 12.7. The van der Waals surface area contributed by atoms with Crippen LogP contribution in [0, 0.1) is 0 Å². The maximum Gasteiger partial charge on any atom is 0.223 e. The average Bonchev–Trinajstić information content (AvgIpc) is 3.28. The summed E-state index contributed by atoms with van der Waals surface area (Å²) in [6.45, 7) is 1.34. The number of aliphatic hydroxyl groups excluding tert-OH is 2. The lowest BCUT2D eigenvalue weighted by Crippen LogP contribution is -2.38. The first-order valence-corrected chi connectivity index (χ1v) is 8.84. The predicted octanol–water partition coefficient (Wildman–Crippen LogP) is 1.37. The SMILES string of the molecule is O=C(CCc1c[nH]c2ccccc12)N1CCn2nc([C@@H](O)CO)cc2C1. The maximum absolute atomic E-state index is 12.6. The summed E-state index contributed by atoms with van der Waals surface area (Å²) in [7, 11) is 0. The highest BCUT2D eigenvalue weighted by Gasteiger charge is 2.23. The molecule has 2 aromatic heterocycles. The van der Waals surface area contributed by atoms with Gasteiger partial charge in [-0.25, -0.2) is 0 Å². The van der Waals surface area contributed by atoms with Crippen molar-refractivity contribution in [3.05, 3.63) is 53.5 Å². The number of carbonyl (C=O) groups excluding carboxylic acids is 1. The first-order valence-electron chi connectivity index (χ1n) is 8.84. The molecule has 1 aliphatic heterocycles. The molecule has 3 heterocycles. The molecule has 0 aliphatic carbocycles. The molecule has 0 bridgehead atoms. The fourth-order valence-corrected chi connectivity index (χ4v) is 3.50. The van der Waals surface area contributed by atoms with Gasteiger partial charge in [-0.15, -0.1) is 0 Å². The molecule has 7 nitrogen and oxygen atoms in total. The predicted molar refractivity (Wildman–Crippen MR) is 96.3 cm³/mol. The molecule has 3 aromatic rings. The summed E-state index contributed by atoms with van der Waals surface area (Å²) in [5.74, 6) is 0.118. The topological polar surface area (TPSA) is 94.4 Å². The molecule has 7 heteroatoms. The number of amides is 1. The van der Waals surface area contributed by atoms with Crippen LogP contribution in [0.5, 0.6) is 0 Å². The molecule has 1 amide bonds. The first kappa shape index (κ1) is 16.8. The van der Waals surface area contributed by atoms with Crippen molar-refractivity contribution in [2.24, 2.45) is 0 Å². The van der Waals surface area contributed by atoms with Gasteiger partial charge in [0.1, 0.15) is 6.10 Å². The van der Waals surface area contributed by atoms with Crippen LogP contribution >= 0.6 is 0 Å². The Kier molecular flexibility index (Phi) is 4.48. The number of rotatable bonds is 5. The second-order valence-electron chi connectivity index (χ2n) is 6.66. The summed E-state index contributed by atoms with van der Waals surface area (Å²) in [6, 6.07) is 9.86. The summed E-state index contributed by atoms with van der Waals surface area (Å²) < 4.78 is 1.80. The molecule has 0 saturated heterocycles. The number of benzene rings is 1. The lowest BCUT2D eigenvalue weighted by Gasteiger charge is -2.27. The van der Waals surface area contributed by atoms with E-state index >= 15 is 0 Å². The molecule has 1 aromatic carbocycles. The highest BCUT2D eigenvalue weighted by atomic mass is 16.3. The van der Waals surface area contributed by atoms with Gasteiger partial charge in [0.15, 0.2) is 0 Å². The average molecular weight is 354 g/mol. The minimum absolute atomic E-state index is 0.118. The number of fused-ring (bicyclic) bond motifs is 2. The Labute approximate surface area is 150 Å². The van der Waals surface area contributed by atoms with E-state index in [1.165, 1.54) is 5.39 Å². The summed E-state index contributed by atoms with van der Waals surface area (Å²) >= 11 is 0. The lowest BCUT2D eigenvalue weighted by molar-refractivity contribution is -0.132. The standard InChI is InChI=1S/C19H22N4O3/c24-12-18(25)17-9-14-11-22(7-8-23(14)21-17)19(26)6-5-13-10-20-16-4-2-1-3-15(13)16/h1-4,9-10,18,20,24-25H,5-8,11-12H2/t18-/m0/s1. The normalized spacial score (nSPS) is 15.2. The molecular formula is C19H22N4O3. The second-order valence-corrected chi connectivity index (χ2v) is 6.66. The zero-order valence-corrected chi connectivity index (χ0v) is 14.4. The molecule has 0 spiro atoms. The van der Waals surface area contributed by atoms with E-state index in [1.807, 2.05) is 29.3 Å². The highest BCUT2D eigenvalue weighted by molar-refractivity contribution is 5.84. The Morgan fingerprint density at radius 1 is 1.31 bits per heavy atom. The van der Waals surface area contributed by atoms with Crippen molar-refractivity contribution in [1.29, 1.82) is 0 Å². The largest absolute Gasteiger partial charge is 0.393 e. The Hall–Kier alpha value is -2.64. The van der Waals surface area contributed by atoms with Gasteiger partial charge < -0.3 is 20.1 Å². The Morgan fingerprint density at radius 2 is 2.15 bits per heavy atom. The number of H-pyrrole nitrogens is 1. The maximum atomic E-state index is 12.6. The monoisotopic (exact) mass is 354 g/mol. The van der Waals surface area contributed by atoms with Gasteiger partial charge in [0.05, 0.1) is 31.1 Å². The number of para-hydroxylation sites is 1. The summed E-state index contributed by atoms with van der Waals surface area (Å²) in [4.78, 5) is 17.7. The number of aryl methyl sites for hydroxylation is 1. The van der Waals surface area contributed by atoms with Gasteiger partial charge in [0.25, 0.3) is 0 Å². The van der Waals surface area contributed by atoms with E-state index in [1.54, 1.807) is 10.7 Å². The molecule has 0 fully saturated rings. The van der Waals surface area contributed by atoms with Crippen molar-refractivity contribution in [2.75, 3.05) is 13.2 Å². The van der Waals surface area contributed by atoms with Crippen molar-refractivity contribution < 1.29 is 15.0 Å². The molecule has 1 aliphatic rings. The third-order valence-corrected chi connectivity index (χ3v) is 4.97. The third-order valence-electron chi connectivity index (χ3n) is 4.97. The van der Waals surface area contributed by atoms with Crippen molar-refractivity contribution in [1.82, 2.24) is 19.7 Å². The lowest BCUT2D eigenvalue weighted by atomic mass is 10.1. The van der Waals surface area contributed by atoms with Gasteiger partial charge >= 0.3 is 0 Å². The van der Waals surface area contributed by atoms with Crippen LogP contribution in [0.25, 0.3) is 10.9 Å². The second kappa shape index (κ2) is 6.93. The fraction of sp³-hybridized carbons (Fsp3) is 0.368. The Balaban J connectivity index is 1.40. The zero-order valence-electron chi connectivity index (χ0n) is 14.4. The fourth-order valence-electron chi connectivity index (χ4n) is 3.50. The van der Waals surface area contributed by atoms with Crippen LogP contribution in [0.4, 0.5) is 0 Å². The zero-order chi connectivity index (χ0) is 18.1. The molecular weight excluding hydrogens is 332 g/mol. The summed E-state index contributed by atoms with van der Waals surface area (Å²) in [5, 5.41) is 24.2. The van der Waals surface area contributed by atoms with Gasteiger partial charge in [-0.2, -0.15) is 5.10 Å². The Morgan fingerprint density at radius 3 is 3.00 bits per heavy atom. The number of aromatic amines is 1. The molecule has 0 unspecified atom stereocenters. The van der Waals surface area contributed by atoms with E-state index in [9.17, 15) is 9.90 Å². The number of aliphatic hydroxyl groups is 2. The molecule has 3 N–H and O–H groups in total. The van der Waals surface area contributed by atoms with Gasteiger partial charge in [-0.1, -0.05) is 18.2 Å². The summed E-state index contributed by atoms with van der Waals surface area (Å²) in [6.07, 6.45) is 2.17. The smallest absolute Gasteiger partial charge is 0.223 e. The van der Waals surface area contributed by atoms with Gasteiger partial charge in [-0.05, 0) is 24.1 Å². The van der Waals surface area contributed by atoms with E-state index in [2.05, 4.69) is 16.1 Å².